The van der Waals surface area contributed by atoms with Gasteiger partial charge in [0, 0.05) is 38.8 Å². The summed E-state index contributed by atoms with van der Waals surface area (Å²) in [6.07, 6.45) is -2.95. The number of anilines is 1. The Balaban J connectivity index is 1.32. The molecule has 170 valence electrons. The van der Waals surface area contributed by atoms with Crippen molar-refractivity contribution < 1.29 is 27.5 Å². The maximum Gasteiger partial charge on any atom is 0.417 e. The van der Waals surface area contributed by atoms with Gasteiger partial charge in [-0.1, -0.05) is 12.1 Å². The van der Waals surface area contributed by atoms with Crippen molar-refractivity contribution in [3.05, 3.63) is 47.5 Å². The molecule has 1 aromatic heterocycles. The van der Waals surface area contributed by atoms with E-state index in [1.54, 1.807) is 6.07 Å². The van der Waals surface area contributed by atoms with E-state index >= 15 is 0 Å². The minimum absolute atomic E-state index is 0.0691. The van der Waals surface area contributed by atoms with Gasteiger partial charge in [-0.25, -0.2) is 4.79 Å². The molecule has 1 aliphatic carbocycles. The van der Waals surface area contributed by atoms with Gasteiger partial charge < -0.3 is 19.9 Å². The molecule has 0 spiro atoms. The predicted molar refractivity (Wildman–Crippen MR) is 108 cm³/mol. The Morgan fingerprint density at radius 1 is 1.03 bits per heavy atom. The van der Waals surface area contributed by atoms with Crippen LogP contribution in [0.1, 0.15) is 28.8 Å². The third kappa shape index (κ3) is 5.27. The minimum atomic E-state index is -4.59. The summed E-state index contributed by atoms with van der Waals surface area (Å²) in [6.45, 7) is 1.84. The van der Waals surface area contributed by atoms with E-state index in [9.17, 15) is 22.8 Å². The van der Waals surface area contributed by atoms with Crippen LogP contribution in [0.4, 0.5) is 23.8 Å². The molecule has 2 fully saturated rings. The molecule has 0 radical (unpaired) electrons. The lowest BCUT2D eigenvalue weighted by molar-refractivity contribution is -0.138. The van der Waals surface area contributed by atoms with Crippen LogP contribution in [0.2, 0.25) is 0 Å². The highest BCUT2D eigenvalue weighted by Crippen LogP contribution is 2.32. The standard InChI is InChI=1S/C21H22F3N5O3/c22-21(23,24)16-4-2-1-3-15(16)19(30)29-11-9-28(10-12-29)17-7-8-18(27-26-17)32-20(31)25-13-14-5-6-14/h1-4,7-8,14H,5-6,9-13H2,(H,25,31). The molecule has 1 saturated heterocycles. The predicted octanol–water partition coefficient (Wildman–Crippen LogP) is 2.96. The molecule has 8 nitrogen and oxygen atoms in total. The zero-order chi connectivity index (χ0) is 22.7. The van der Waals surface area contributed by atoms with E-state index in [2.05, 4.69) is 15.5 Å². The van der Waals surface area contributed by atoms with Gasteiger partial charge in [0.2, 0.25) is 5.88 Å². The average Bonchev–Trinajstić information content (AvgIpc) is 3.62. The smallest absolute Gasteiger partial charge is 0.390 e. The monoisotopic (exact) mass is 449 g/mol. The van der Waals surface area contributed by atoms with Gasteiger partial charge >= 0.3 is 12.3 Å². The fraction of sp³-hybridized carbons (Fsp3) is 0.429. The van der Waals surface area contributed by atoms with Gasteiger partial charge in [-0.2, -0.15) is 13.2 Å². The molecule has 0 bridgehead atoms. The SMILES string of the molecule is O=C(NCC1CC1)Oc1ccc(N2CCN(C(=O)c3ccccc3C(F)(F)F)CC2)nn1. The van der Waals surface area contributed by atoms with Crippen LogP contribution in [-0.2, 0) is 6.18 Å². The van der Waals surface area contributed by atoms with E-state index in [0.717, 1.165) is 18.9 Å². The van der Waals surface area contributed by atoms with Gasteiger partial charge in [0.25, 0.3) is 5.91 Å². The maximum atomic E-state index is 13.2. The summed E-state index contributed by atoms with van der Waals surface area (Å²) in [5.74, 6) is 0.478. The molecule has 32 heavy (non-hydrogen) atoms. The molecule has 1 aliphatic heterocycles. The summed E-state index contributed by atoms with van der Waals surface area (Å²) in [5, 5.41) is 10.6. The van der Waals surface area contributed by atoms with Crippen LogP contribution in [0.3, 0.4) is 0 Å². The minimum Gasteiger partial charge on any atom is -0.390 e. The number of hydrogen-bond acceptors (Lipinski definition) is 6. The second-order valence-electron chi connectivity index (χ2n) is 7.77. The van der Waals surface area contributed by atoms with Gasteiger partial charge in [0.05, 0.1) is 11.1 Å². The molecule has 2 amide bonds. The number of hydrogen-bond donors (Lipinski definition) is 1. The molecule has 0 atom stereocenters. The Morgan fingerprint density at radius 2 is 1.75 bits per heavy atom. The quantitative estimate of drug-likeness (QED) is 0.755. The lowest BCUT2D eigenvalue weighted by atomic mass is 10.1. The highest BCUT2D eigenvalue weighted by Gasteiger charge is 2.36. The van der Waals surface area contributed by atoms with E-state index in [1.807, 2.05) is 4.90 Å². The molecule has 2 aliphatic rings. The number of piperazine rings is 1. The number of nitrogens with zero attached hydrogens (tertiary/aromatic N) is 4. The third-order valence-corrected chi connectivity index (χ3v) is 5.41. The number of amides is 2. The molecule has 1 saturated carbocycles. The van der Waals surface area contributed by atoms with Gasteiger partial charge in [0.15, 0.2) is 5.82 Å². The van der Waals surface area contributed by atoms with Crippen LogP contribution in [0.25, 0.3) is 0 Å². The molecule has 11 heteroatoms. The Kier molecular flexibility index (Phi) is 6.15. The first-order valence-corrected chi connectivity index (χ1v) is 10.3. The Hall–Kier alpha value is -3.37. The van der Waals surface area contributed by atoms with E-state index in [1.165, 1.54) is 29.2 Å². The van der Waals surface area contributed by atoms with E-state index < -0.39 is 23.7 Å². The highest BCUT2D eigenvalue weighted by molar-refractivity contribution is 5.96. The van der Waals surface area contributed by atoms with E-state index in [0.29, 0.717) is 31.4 Å². The van der Waals surface area contributed by atoms with Crippen molar-refractivity contribution in [1.29, 1.82) is 0 Å². The Labute approximate surface area is 182 Å². The van der Waals surface area contributed by atoms with E-state index in [-0.39, 0.29) is 24.5 Å². The number of benzene rings is 1. The Bertz CT molecular complexity index is 971. The zero-order valence-electron chi connectivity index (χ0n) is 17.1. The van der Waals surface area contributed by atoms with Gasteiger partial charge in [-0.3, -0.25) is 4.79 Å². The summed E-state index contributed by atoms with van der Waals surface area (Å²) in [5.41, 5.74) is -1.29. The lowest BCUT2D eigenvalue weighted by Gasteiger charge is -2.35. The number of alkyl halides is 3. The largest absolute Gasteiger partial charge is 0.417 e. The molecule has 0 unspecified atom stereocenters. The van der Waals surface area contributed by atoms with Gasteiger partial charge in [-0.15, -0.1) is 10.2 Å². The van der Waals surface area contributed by atoms with Gasteiger partial charge in [-0.05, 0) is 37.0 Å². The van der Waals surface area contributed by atoms with Crippen molar-refractivity contribution in [1.82, 2.24) is 20.4 Å². The molecule has 2 heterocycles. The second kappa shape index (κ2) is 9.01. The number of carbonyl (C=O) groups is 2. The molecular weight excluding hydrogens is 427 g/mol. The van der Waals surface area contributed by atoms with Gasteiger partial charge in [0.1, 0.15) is 0 Å². The number of aromatic nitrogens is 2. The number of halogens is 3. The summed E-state index contributed by atoms with van der Waals surface area (Å²) < 4.78 is 44.8. The number of rotatable bonds is 5. The fourth-order valence-electron chi connectivity index (χ4n) is 3.44. The first-order chi connectivity index (χ1) is 15.3. The molecule has 4 rings (SSSR count). The molecular formula is C21H22F3N5O3. The summed E-state index contributed by atoms with van der Waals surface area (Å²) >= 11 is 0. The van der Waals surface area contributed by atoms with Crippen LogP contribution in [0, 0.1) is 5.92 Å². The van der Waals surface area contributed by atoms with Crippen molar-refractivity contribution in [2.75, 3.05) is 37.6 Å². The van der Waals surface area contributed by atoms with E-state index in [4.69, 9.17) is 4.74 Å². The molecule has 2 aromatic rings. The normalized spacial score (nSPS) is 16.6. The van der Waals surface area contributed by atoms with Crippen molar-refractivity contribution in [2.24, 2.45) is 5.92 Å². The van der Waals surface area contributed by atoms with Crippen LogP contribution in [-0.4, -0.2) is 59.8 Å². The van der Waals surface area contributed by atoms with Crippen molar-refractivity contribution in [3.8, 4) is 5.88 Å². The summed E-state index contributed by atoms with van der Waals surface area (Å²) in [6, 6.07) is 7.96. The summed E-state index contributed by atoms with van der Waals surface area (Å²) in [7, 11) is 0. The number of ether oxygens (including phenoxy) is 1. The highest BCUT2D eigenvalue weighted by atomic mass is 19.4. The maximum absolute atomic E-state index is 13.2. The molecule has 1 N–H and O–H groups in total. The number of nitrogens with one attached hydrogen (secondary N) is 1. The molecule has 1 aromatic carbocycles. The third-order valence-electron chi connectivity index (χ3n) is 5.41. The van der Waals surface area contributed by atoms with Crippen molar-refractivity contribution in [2.45, 2.75) is 19.0 Å². The zero-order valence-corrected chi connectivity index (χ0v) is 17.1. The van der Waals surface area contributed by atoms with Crippen LogP contribution in [0.5, 0.6) is 5.88 Å². The van der Waals surface area contributed by atoms with Crippen LogP contribution >= 0.6 is 0 Å². The first kappa shape index (κ1) is 21.8. The summed E-state index contributed by atoms with van der Waals surface area (Å²) in [4.78, 5) is 27.7. The van der Waals surface area contributed by atoms with Crippen LogP contribution < -0.4 is 15.0 Å². The lowest BCUT2D eigenvalue weighted by Crippen LogP contribution is -2.49. The topological polar surface area (TPSA) is 87.7 Å². The van der Waals surface area contributed by atoms with Crippen molar-refractivity contribution in [3.63, 3.8) is 0 Å². The number of carbonyl (C=O) groups excluding carboxylic acids is 2. The first-order valence-electron chi connectivity index (χ1n) is 10.3. The Morgan fingerprint density at radius 3 is 2.38 bits per heavy atom. The average molecular weight is 449 g/mol. The van der Waals surface area contributed by atoms with Crippen LogP contribution in [0.15, 0.2) is 36.4 Å². The van der Waals surface area contributed by atoms with Crippen molar-refractivity contribution >= 4 is 17.8 Å². The fourth-order valence-corrected chi connectivity index (χ4v) is 3.44. The second-order valence-corrected chi connectivity index (χ2v) is 7.77.